The highest BCUT2D eigenvalue weighted by molar-refractivity contribution is 6.00. The van der Waals surface area contributed by atoms with Gasteiger partial charge in [-0.25, -0.2) is 31.5 Å². The van der Waals surface area contributed by atoms with Gasteiger partial charge >= 0.3 is 11.9 Å². The van der Waals surface area contributed by atoms with Crippen LogP contribution >= 0.6 is 0 Å². The van der Waals surface area contributed by atoms with Gasteiger partial charge in [-0.2, -0.15) is 0 Å². The first-order valence-electron chi connectivity index (χ1n) is 9.29. The van der Waals surface area contributed by atoms with Crippen molar-refractivity contribution in [3.8, 4) is 11.5 Å². The lowest BCUT2D eigenvalue weighted by atomic mass is 10.1. The van der Waals surface area contributed by atoms with Gasteiger partial charge in [-0.15, -0.1) is 0 Å². The van der Waals surface area contributed by atoms with Crippen LogP contribution in [0.15, 0.2) is 66.7 Å². The highest BCUT2D eigenvalue weighted by atomic mass is 19.1. The summed E-state index contributed by atoms with van der Waals surface area (Å²) in [6.07, 6.45) is 0. The van der Waals surface area contributed by atoms with Crippen LogP contribution in [0.5, 0.6) is 11.5 Å². The van der Waals surface area contributed by atoms with Gasteiger partial charge in [-0.1, -0.05) is 12.1 Å². The number of halogens is 5. The third kappa shape index (κ3) is 4.52. The molecule has 0 saturated carbocycles. The van der Waals surface area contributed by atoms with E-state index in [9.17, 15) is 31.5 Å². The second-order valence-electron chi connectivity index (χ2n) is 6.79. The molecule has 4 rings (SSSR count). The lowest BCUT2D eigenvalue weighted by Crippen LogP contribution is -2.13. The fourth-order valence-electron chi connectivity index (χ4n) is 3.10. The van der Waals surface area contributed by atoms with Crippen LogP contribution in [0.25, 0.3) is 10.8 Å². The Kier molecular flexibility index (Phi) is 5.78. The van der Waals surface area contributed by atoms with Gasteiger partial charge in [0, 0.05) is 18.2 Å². The highest BCUT2D eigenvalue weighted by Gasteiger charge is 2.21. The molecule has 0 amide bonds. The minimum atomic E-state index is -1.26. The van der Waals surface area contributed by atoms with Gasteiger partial charge in [0.1, 0.15) is 40.6 Å². The number of esters is 2. The van der Waals surface area contributed by atoms with Gasteiger partial charge in [0.2, 0.25) is 0 Å². The van der Waals surface area contributed by atoms with Crippen molar-refractivity contribution in [1.29, 1.82) is 0 Å². The Bertz CT molecular complexity index is 1420. The van der Waals surface area contributed by atoms with Crippen molar-refractivity contribution in [3.05, 3.63) is 107 Å². The fraction of sp³-hybridized carbons (Fsp3) is 0. The summed E-state index contributed by atoms with van der Waals surface area (Å²) in [5.74, 6) is -8.10. The molecule has 0 spiro atoms. The summed E-state index contributed by atoms with van der Waals surface area (Å²) in [6, 6.07) is 10.4. The van der Waals surface area contributed by atoms with Crippen LogP contribution < -0.4 is 9.47 Å². The van der Waals surface area contributed by atoms with E-state index in [-0.39, 0.29) is 16.5 Å². The zero-order chi connectivity index (χ0) is 23.7. The molecule has 4 aromatic rings. The van der Waals surface area contributed by atoms with Crippen LogP contribution in [-0.4, -0.2) is 11.9 Å². The van der Waals surface area contributed by atoms with E-state index in [1.54, 1.807) is 0 Å². The van der Waals surface area contributed by atoms with Crippen LogP contribution in [-0.2, 0) is 0 Å². The maximum atomic E-state index is 14.1. The molecule has 33 heavy (non-hydrogen) atoms. The first kappa shape index (κ1) is 21.9. The summed E-state index contributed by atoms with van der Waals surface area (Å²) in [7, 11) is 0. The second-order valence-corrected chi connectivity index (χ2v) is 6.79. The van der Waals surface area contributed by atoms with E-state index in [0.29, 0.717) is 12.1 Å². The third-order valence-electron chi connectivity index (χ3n) is 4.57. The fourth-order valence-corrected chi connectivity index (χ4v) is 3.10. The molecule has 0 saturated heterocycles. The molecule has 0 N–H and O–H groups in total. The molecule has 0 aliphatic carbocycles. The van der Waals surface area contributed by atoms with Crippen molar-refractivity contribution in [2.75, 3.05) is 0 Å². The summed E-state index contributed by atoms with van der Waals surface area (Å²) in [4.78, 5) is 24.9. The summed E-state index contributed by atoms with van der Waals surface area (Å²) >= 11 is 0. The van der Waals surface area contributed by atoms with Crippen LogP contribution in [0.4, 0.5) is 22.0 Å². The molecule has 4 aromatic carbocycles. The number of carbonyl (C=O) groups is 2. The summed E-state index contributed by atoms with van der Waals surface area (Å²) < 4.78 is 78.6. The summed E-state index contributed by atoms with van der Waals surface area (Å²) in [5.41, 5.74) is -1.18. The van der Waals surface area contributed by atoms with Crippen LogP contribution in [0.1, 0.15) is 20.7 Å². The van der Waals surface area contributed by atoms with Crippen molar-refractivity contribution in [3.63, 3.8) is 0 Å². The molecule has 166 valence electrons. The van der Waals surface area contributed by atoms with Gasteiger partial charge < -0.3 is 9.47 Å². The topological polar surface area (TPSA) is 52.6 Å². The molecular formula is C24H11F5O4. The predicted molar refractivity (Wildman–Crippen MR) is 107 cm³/mol. The van der Waals surface area contributed by atoms with E-state index in [1.165, 1.54) is 18.2 Å². The van der Waals surface area contributed by atoms with E-state index >= 15 is 0 Å². The average molecular weight is 458 g/mol. The Balaban J connectivity index is 1.74. The molecule has 0 heterocycles. The Labute approximate surface area is 182 Å². The molecule has 0 bridgehead atoms. The Morgan fingerprint density at radius 3 is 1.67 bits per heavy atom. The number of fused-ring (bicyclic) bond motifs is 1. The molecule has 0 atom stereocenters. The quantitative estimate of drug-likeness (QED) is 0.215. The highest BCUT2D eigenvalue weighted by Crippen LogP contribution is 2.36. The number of ether oxygens (including phenoxy) is 2. The van der Waals surface area contributed by atoms with Gasteiger partial charge in [0.05, 0.1) is 16.5 Å². The van der Waals surface area contributed by atoms with Crippen LogP contribution in [0.2, 0.25) is 0 Å². The minimum Gasteiger partial charge on any atom is -0.422 e. The number of benzene rings is 4. The molecule has 0 aliphatic heterocycles. The zero-order valence-electron chi connectivity index (χ0n) is 16.4. The van der Waals surface area contributed by atoms with Crippen molar-refractivity contribution in [1.82, 2.24) is 0 Å². The molecule has 0 fully saturated rings. The van der Waals surface area contributed by atoms with E-state index in [2.05, 4.69) is 0 Å². The van der Waals surface area contributed by atoms with E-state index < -0.39 is 57.9 Å². The van der Waals surface area contributed by atoms with Crippen LogP contribution in [0.3, 0.4) is 0 Å². The predicted octanol–water partition coefficient (Wildman–Crippen LogP) is 5.97. The molecular weight excluding hydrogens is 447 g/mol. The van der Waals surface area contributed by atoms with Gasteiger partial charge in [0.25, 0.3) is 0 Å². The Hall–Kier alpha value is -4.27. The van der Waals surface area contributed by atoms with Crippen LogP contribution in [0, 0.1) is 29.1 Å². The normalized spacial score (nSPS) is 10.8. The summed E-state index contributed by atoms with van der Waals surface area (Å²) in [5, 5.41) is 0.0906. The largest absolute Gasteiger partial charge is 0.422 e. The number of carbonyl (C=O) groups excluding carboxylic acids is 2. The van der Waals surface area contributed by atoms with Gasteiger partial charge in [-0.3, -0.25) is 0 Å². The second kappa shape index (κ2) is 8.70. The SMILES string of the molecule is O=C(Oc1cccc2cc(F)cc(OC(=O)c3ccc(F)cc3F)c12)c1ccc(F)cc1F. The first-order chi connectivity index (χ1) is 15.7. The van der Waals surface area contributed by atoms with Crippen molar-refractivity contribution in [2.45, 2.75) is 0 Å². The number of hydrogen-bond acceptors (Lipinski definition) is 4. The average Bonchev–Trinajstić information content (AvgIpc) is 2.73. The first-order valence-corrected chi connectivity index (χ1v) is 9.29. The third-order valence-corrected chi connectivity index (χ3v) is 4.57. The molecule has 0 aromatic heterocycles. The van der Waals surface area contributed by atoms with E-state index in [1.807, 2.05) is 0 Å². The zero-order valence-corrected chi connectivity index (χ0v) is 16.4. The van der Waals surface area contributed by atoms with Crippen molar-refractivity contribution in [2.24, 2.45) is 0 Å². The Morgan fingerprint density at radius 2 is 1.12 bits per heavy atom. The Morgan fingerprint density at radius 1 is 0.576 bits per heavy atom. The lowest BCUT2D eigenvalue weighted by Gasteiger charge is -2.13. The smallest absolute Gasteiger partial charge is 0.346 e. The molecule has 4 nitrogen and oxygen atoms in total. The maximum absolute atomic E-state index is 14.1. The monoisotopic (exact) mass is 458 g/mol. The van der Waals surface area contributed by atoms with Gasteiger partial charge in [-0.05, 0) is 41.8 Å². The van der Waals surface area contributed by atoms with Gasteiger partial charge in [0.15, 0.2) is 0 Å². The number of hydrogen-bond donors (Lipinski definition) is 0. The molecule has 0 unspecified atom stereocenters. The lowest BCUT2D eigenvalue weighted by molar-refractivity contribution is 0.0730. The van der Waals surface area contributed by atoms with E-state index in [4.69, 9.17) is 9.47 Å². The minimum absolute atomic E-state index is 0.0503. The summed E-state index contributed by atoms with van der Waals surface area (Å²) in [6.45, 7) is 0. The molecule has 9 heteroatoms. The molecule has 0 aliphatic rings. The van der Waals surface area contributed by atoms with E-state index in [0.717, 1.165) is 36.4 Å². The standard InChI is InChI=1S/C24H11F5O4/c25-13-4-6-16(18(28)9-13)23(30)32-20-3-1-2-12-8-15(27)11-21(22(12)20)33-24(31)17-7-5-14(26)10-19(17)29/h1-11H. The van der Waals surface area contributed by atoms with Crippen molar-refractivity contribution >= 4 is 22.7 Å². The maximum Gasteiger partial charge on any atom is 0.346 e. The van der Waals surface area contributed by atoms with Crippen molar-refractivity contribution < 1.29 is 41.0 Å². The number of rotatable bonds is 4. The molecule has 0 radical (unpaired) electrons.